The number of hydrogen-bond donors (Lipinski definition) is 0. The molecule has 1 aromatic carbocycles. The second-order valence-corrected chi connectivity index (χ2v) is 5.04. The first kappa shape index (κ1) is 11.3. The molecule has 2 aromatic rings. The molecule has 16 heavy (non-hydrogen) atoms. The molecule has 2 heteroatoms. The molecule has 0 bridgehead atoms. The van der Waals surface area contributed by atoms with Gasteiger partial charge in [-0.25, -0.2) is 0 Å². The highest BCUT2D eigenvalue weighted by Gasteiger charge is 2.08. The maximum Gasteiger partial charge on any atom is 0.0308 e. The molecule has 0 unspecified atom stereocenters. The standard InChI is InChI=1S/C14H14BrN/c1-10(2)14-9-16-7-6-13(14)11-4-3-5-12(15)8-11/h3-10H,1-2H3. The molecule has 1 heterocycles. The van der Waals surface area contributed by atoms with E-state index in [2.05, 4.69) is 59.0 Å². The van der Waals surface area contributed by atoms with Crippen LogP contribution in [0.25, 0.3) is 11.1 Å². The van der Waals surface area contributed by atoms with Crippen LogP contribution in [0.5, 0.6) is 0 Å². The number of hydrogen-bond acceptors (Lipinski definition) is 1. The second kappa shape index (κ2) is 4.79. The molecule has 0 spiro atoms. The van der Waals surface area contributed by atoms with Gasteiger partial charge in [0.1, 0.15) is 0 Å². The summed E-state index contributed by atoms with van der Waals surface area (Å²) in [5.74, 6) is 0.489. The van der Waals surface area contributed by atoms with E-state index in [0.717, 1.165) is 4.47 Å². The summed E-state index contributed by atoms with van der Waals surface area (Å²) in [4.78, 5) is 4.20. The maximum atomic E-state index is 4.20. The lowest BCUT2D eigenvalue weighted by atomic mass is 9.95. The highest BCUT2D eigenvalue weighted by Crippen LogP contribution is 2.29. The Balaban J connectivity index is 2.55. The summed E-state index contributed by atoms with van der Waals surface area (Å²) >= 11 is 3.51. The van der Waals surface area contributed by atoms with Crippen molar-refractivity contribution in [3.05, 3.63) is 52.8 Å². The zero-order chi connectivity index (χ0) is 11.5. The van der Waals surface area contributed by atoms with Gasteiger partial charge in [0, 0.05) is 16.9 Å². The molecular formula is C14H14BrN. The fraction of sp³-hybridized carbons (Fsp3) is 0.214. The average molecular weight is 276 g/mol. The SMILES string of the molecule is CC(C)c1cnccc1-c1cccc(Br)c1. The predicted molar refractivity (Wildman–Crippen MR) is 71.5 cm³/mol. The van der Waals surface area contributed by atoms with E-state index in [1.165, 1.54) is 16.7 Å². The van der Waals surface area contributed by atoms with Crippen molar-refractivity contribution in [1.82, 2.24) is 4.98 Å². The molecule has 82 valence electrons. The first-order chi connectivity index (χ1) is 7.68. The van der Waals surface area contributed by atoms with Crippen LogP contribution in [0.15, 0.2) is 47.2 Å². The van der Waals surface area contributed by atoms with Gasteiger partial charge in [0.25, 0.3) is 0 Å². The number of pyridine rings is 1. The number of halogens is 1. The fourth-order valence-corrected chi connectivity index (χ4v) is 2.18. The largest absolute Gasteiger partial charge is 0.264 e. The van der Waals surface area contributed by atoms with Gasteiger partial charge in [-0.1, -0.05) is 41.9 Å². The number of aromatic nitrogens is 1. The summed E-state index contributed by atoms with van der Waals surface area (Å²) in [6.45, 7) is 4.39. The molecule has 0 atom stereocenters. The Morgan fingerprint density at radius 2 is 2.00 bits per heavy atom. The highest BCUT2D eigenvalue weighted by atomic mass is 79.9. The summed E-state index contributed by atoms with van der Waals surface area (Å²) in [6.07, 6.45) is 3.81. The molecule has 0 aliphatic heterocycles. The van der Waals surface area contributed by atoms with Crippen LogP contribution in [0, 0.1) is 0 Å². The zero-order valence-electron chi connectivity index (χ0n) is 9.44. The molecule has 0 saturated heterocycles. The number of benzene rings is 1. The van der Waals surface area contributed by atoms with E-state index in [1.54, 1.807) is 0 Å². The van der Waals surface area contributed by atoms with E-state index in [9.17, 15) is 0 Å². The Hall–Kier alpha value is -1.15. The van der Waals surface area contributed by atoms with Crippen molar-refractivity contribution < 1.29 is 0 Å². The Bertz CT molecular complexity index is 492. The molecule has 0 aliphatic carbocycles. The topological polar surface area (TPSA) is 12.9 Å². The predicted octanol–water partition coefficient (Wildman–Crippen LogP) is 4.63. The number of rotatable bonds is 2. The van der Waals surface area contributed by atoms with Gasteiger partial charge >= 0.3 is 0 Å². The summed E-state index contributed by atoms with van der Waals surface area (Å²) in [5, 5.41) is 0. The molecule has 0 N–H and O–H groups in total. The lowest BCUT2D eigenvalue weighted by molar-refractivity contribution is 0.860. The second-order valence-electron chi connectivity index (χ2n) is 4.13. The minimum absolute atomic E-state index is 0.489. The van der Waals surface area contributed by atoms with Crippen molar-refractivity contribution >= 4 is 15.9 Å². The molecule has 0 aliphatic rings. The lowest BCUT2D eigenvalue weighted by Crippen LogP contribution is -1.93. The van der Waals surface area contributed by atoms with Crippen molar-refractivity contribution in [3.8, 4) is 11.1 Å². The first-order valence-electron chi connectivity index (χ1n) is 5.38. The van der Waals surface area contributed by atoms with Crippen LogP contribution < -0.4 is 0 Å². The van der Waals surface area contributed by atoms with E-state index >= 15 is 0 Å². The molecule has 0 radical (unpaired) electrons. The minimum atomic E-state index is 0.489. The Labute approximate surface area is 105 Å². The van der Waals surface area contributed by atoms with Gasteiger partial charge in [0.2, 0.25) is 0 Å². The molecule has 0 fully saturated rings. The third-order valence-corrected chi connectivity index (χ3v) is 3.10. The lowest BCUT2D eigenvalue weighted by Gasteiger charge is -2.12. The summed E-state index contributed by atoms with van der Waals surface area (Å²) < 4.78 is 1.11. The van der Waals surface area contributed by atoms with Crippen molar-refractivity contribution in [1.29, 1.82) is 0 Å². The van der Waals surface area contributed by atoms with Gasteiger partial charge in [-0.05, 0) is 40.8 Å². The molecule has 2 rings (SSSR count). The van der Waals surface area contributed by atoms with Crippen molar-refractivity contribution in [2.24, 2.45) is 0 Å². The molecule has 0 saturated carbocycles. The Kier molecular flexibility index (Phi) is 3.39. The van der Waals surface area contributed by atoms with Crippen molar-refractivity contribution in [2.75, 3.05) is 0 Å². The van der Waals surface area contributed by atoms with Crippen LogP contribution in [0.2, 0.25) is 0 Å². The fourth-order valence-electron chi connectivity index (χ4n) is 1.79. The summed E-state index contributed by atoms with van der Waals surface area (Å²) in [5.41, 5.74) is 3.80. The van der Waals surface area contributed by atoms with E-state index in [4.69, 9.17) is 0 Å². The summed E-state index contributed by atoms with van der Waals surface area (Å²) in [7, 11) is 0. The van der Waals surface area contributed by atoms with E-state index in [-0.39, 0.29) is 0 Å². The van der Waals surface area contributed by atoms with Crippen LogP contribution in [-0.2, 0) is 0 Å². The van der Waals surface area contributed by atoms with Crippen LogP contribution in [-0.4, -0.2) is 4.98 Å². The molecule has 1 nitrogen and oxygen atoms in total. The quantitative estimate of drug-likeness (QED) is 0.779. The van der Waals surface area contributed by atoms with Crippen LogP contribution in [0.4, 0.5) is 0 Å². The van der Waals surface area contributed by atoms with E-state index < -0.39 is 0 Å². The molecule has 0 amide bonds. The van der Waals surface area contributed by atoms with Gasteiger partial charge in [-0.2, -0.15) is 0 Å². The molecule has 1 aromatic heterocycles. The number of nitrogens with zero attached hydrogens (tertiary/aromatic N) is 1. The van der Waals surface area contributed by atoms with E-state index in [0.29, 0.717) is 5.92 Å². The highest BCUT2D eigenvalue weighted by molar-refractivity contribution is 9.10. The Morgan fingerprint density at radius 3 is 2.69 bits per heavy atom. The van der Waals surface area contributed by atoms with Gasteiger partial charge in [-0.15, -0.1) is 0 Å². The van der Waals surface area contributed by atoms with Crippen LogP contribution in [0.1, 0.15) is 25.3 Å². The third-order valence-electron chi connectivity index (χ3n) is 2.61. The smallest absolute Gasteiger partial charge is 0.0308 e. The van der Waals surface area contributed by atoms with Crippen molar-refractivity contribution in [2.45, 2.75) is 19.8 Å². The normalized spacial score (nSPS) is 10.8. The van der Waals surface area contributed by atoms with Gasteiger partial charge in [0.05, 0.1) is 0 Å². The first-order valence-corrected chi connectivity index (χ1v) is 6.17. The third kappa shape index (κ3) is 2.33. The minimum Gasteiger partial charge on any atom is -0.264 e. The van der Waals surface area contributed by atoms with Gasteiger partial charge < -0.3 is 0 Å². The maximum absolute atomic E-state index is 4.20. The van der Waals surface area contributed by atoms with Crippen molar-refractivity contribution in [3.63, 3.8) is 0 Å². The van der Waals surface area contributed by atoms with Crippen LogP contribution in [0.3, 0.4) is 0 Å². The molecular weight excluding hydrogens is 262 g/mol. The van der Waals surface area contributed by atoms with E-state index in [1.807, 2.05) is 18.5 Å². The van der Waals surface area contributed by atoms with Gasteiger partial charge in [-0.3, -0.25) is 4.98 Å². The monoisotopic (exact) mass is 275 g/mol. The average Bonchev–Trinajstić information content (AvgIpc) is 2.29. The van der Waals surface area contributed by atoms with Gasteiger partial charge in [0.15, 0.2) is 0 Å². The zero-order valence-corrected chi connectivity index (χ0v) is 11.0. The summed E-state index contributed by atoms with van der Waals surface area (Å²) in [6, 6.07) is 10.5. The Morgan fingerprint density at radius 1 is 1.19 bits per heavy atom. The van der Waals surface area contributed by atoms with Crippen LogP contribution >= 0.6 is 15.9 Å².